The highest BCUT2D eigenvalue weighted by atomic mass is 16.1. The van der Waals surface area contributed by atoms with Gasteiger partial charge in [-0.1, -0.05) is 13.8 Å². The van der Waals surface area contributed by atoms with Crippen molar-refractivity contribution in [1.29, 1.82) is 0 Å². The average Bonchev–Trinajstić information content (AvgIpc) is 2.27. The van der Waals surface area contributed by atoms with Crippen LogP contribution in [-0.2, 0) is 4.79 Å². The molecule has 0 aliphatic heterocycles. The lowest BCUT2D eigenvalue weighted by Crippen LogP contribution is -2.23. The summed E-state index contributed by atoms with van der Waals surface area (Å²) >= 11 is 0. The van der Waals surface area contributed by atoms with E-state index in [2.05, 4.69) is 20.7 Å². The van der Waals surface area contributed by atoms with Crippen LogP contribution < -0.4 is 22.3 Å². The molecule has 7 nitrogen and oxygen atoms in total. The van der Waals surface area contributed by atoms with E-state index >= 15 is 0 Å². The maximum absolute atomic E-state index is 10.7. The number of rotatable bonds is 5. The molecule has 6 N–H and O–H groups in total. The summed E-state index contributed by atoms with van der Waals surface area (Å²) in [4.78, 5) is 19.3. The number of hydrogen-bond donors (Lipinski definition) is 4. The normalized spacial score (nSPS) is 10.4. The lowest BCUT2D eigenvalue weighted by Gasteiger charge is -2.14. The Labute approximate surface area is 100.0 Å². The Balaban J connectivity index is 3.08. The zero-order chi connectivity index (χ0) is 13.0. The van der Waals surface area contributed by atoms with Gasteiger partial charge in [-0.2, -0.15) is 0 Å². The number of nitrogens with two attached hydrogens (primary N) is 2. The number of amides is 1. The summed E-state index contributed by atoms with van der Waals surface area (Å²) in [7, 11) is 0. The fraction of sp³-hybridized carbons (Fsp3) is 0.500. The van der Waals surface area contributed by atoms with Gasteiger partial charge in [0.05, 0.1) is 6.54 Å². The number of carbonyl (C=O) groups is 1. The Morgan fingerprint density at radius 2 is 1.94 bits per heavy atom. The molecule has 0 atom stereocenters. The van der Waals surface area contributed by atoms with Crippen molar-refractivity contribution in [1.82, 2.24) is 9.97 Å². The number of hydrazine groups is 1. The lowest BCUT2D eigenvalue weighted by molar-refractivity contribution is -0.116. The monoisotopic (exact) mass is 238 g/mol. The Hall–Kier alpha value is -1.89. The Kier molecular flexibility index (Phi) is 4.22. The van der Waals surface area contributed by atoms with E-state index in [0.29, 0.717) is 17.5 Å². The Bertz CT molecular complexity index is 418. The quantitative estimate of drug-likeness (QED) is 0.426. The number of primary amides is 1. The zero-order valence-electron chi connectivity index (χ0n) is 10.2. The van der Waals surface area contributed by atoms with Crippen molar-refractivity contribution in [3.63, 3.8) is 0 Å². The van der Waals surface area contributed by atoms with Crippen LogP contribution in [0.1, 0.15) is 31.2 Å². The molecule has 0 aliphatic carbocycles. The molecule has 1 heterocycles. The topological polar surface area (TPSA) is 119 Å². The molecule has 0 unspecified atom stereocenters. The zero-order valence-corrected chi connectivity index (χ0v) is 10.2. The van der Waals surface area contributed by atoms with Gasteiger partial charge in [-0.25, -0.2) is 15.8 Å². The van der Waals surface area contributed by atoms with E-state index in [9.17, 15) is 4.79 Å². The molecule has 94 valence electrons. The highest BCUT2D eigenvalue weighted by Crippen LogP contribution is 2.22. The smallest absolute Gasteiger partial charge is 0.236 e. The van der Waals surface area contributed by atoms with Gasteiger partial charge in [0, 0.05) is 11.5 Å². The van der Waals surface area contributed by atoms with Crippen LogP contribution in [0.25, 0.3) is 0 Å². The van der Waals surface area contributed by atoms with E-state index in [1.165, 1.54) is 0 Å². The highest BCUT2D eigenvalue weighted by Gasteiger charge is 2.12. The summed E-state index contributed by atoms with van der Waals surface area (Å²) in [5.41, 5.74) is 8.33. The van der Waals surface area contributed by atoms with Crippen molar-refractivity contribution in [2.75, 3.05) is 17.3 Å². The van der Waals surface area contributed by atoms with Crippen molar-refractivity contribution >= 4 is 17.5 Å². The molecule has 1 aromatic rings. The Morgan fingerprint density at radius 1 is 1.35 bits per heavy atom. The van der Waals surface area contributed by atoms with E-state index in [0.717, 1.165) is 5.56 Å². The van der Waals surface area contributed by atoms with Gasteiger partial charge in [0.2, 0.25) is 5.91 Å². The first-order valence-corrected chi connectivity index (χ1v) is 5.33. The maximum Gasteiger partial charge on any atom is 0.236 e. The van der Waals surface area contributed by atoms with E-state index in [1.807, 2.05) is 20.8 Å². The van der Waals surface area contributed by atoms with Gasteiger partial charge in [-0.05, 0) is 6.92 Å². The number of carbonyl (C=O) groups excluding carboxylic acids is 1. The van der Waals surface area contributed by atoms with E-state index in [-0.39, 0.29) is 12.5 Å². The minimum absolute atomic E-state index is 0.0272. The first kappa shape index (κ1) is 13.2. The SMILES string of the molecule is Cc1c(NN)nc(C(C)C)nc1NCC(N)=O. The molecule has 1 rings (SSSR count). The third-order valence-electron chi connectivity index (χ3n) is 2.25. The van der Waals surface area contributed by atoms with Gasteiger partial charge in [0.1, 0.15) is 17.5 Å². The number of nitrogen functional groups attached to an aromatic ring is 1. The fourth-order valence-corrected chi connectivity index (χ4v) is 1.28. The number of nitrogens with one attached hydrogen (secondary N) is 2. The molecule has 0 saturated carbocycles. The molecule has 0 fully saturated rings. The molecular formula is C10H18N6O. The second-order valence-electron chi connectivity index (χ2n) is 4.02. The van der Waals surface area contributed by atoms with Gasteiger partial charge in [-0.3, -0.25) is 4.79 Å². The van der Waals surface area contributed by atoms with Crippen LogP contribution in [0.15, 0.2) is 0 Å². The third-order valence-corrected chi connectivity index (χ3v) is 2.25. The van der Waals surface area contributed by atoms with Crippen LogP contribution >= 0.6 is 0 Å². The third kappa shape index (κ3) is 3.28. The van der Waals surface area contributed by atoms with Crippen LogP contribution in [0.5, 0.6) is 0 Å². The fourth-order valence-electron chi connectivity index (χ4n) is 1.28. The molecule has 0 spiro atoms. The largest absolute Gasteiger partial charge is 0.368 e. The number of hydrogen-bond acceptors (Lipinski definition) is 6. The van der Waals surface area contributed by atoms with Crippen LogP contribution in [0, 0.1) is 6.92 Å². The predicted octanol–water partition coefficient (Wildman–Crippen LogP) is 0.0912. The minimum atomic E-state index is -0.448. The molecule has 1 amide bonds. The van der Waals surface area contributed by atoms with Crippen molar-refractivity contribution in [3.05, 3.63) is 11.4 Å². The summed E-state index contributed by atoms with van der Waals surface area (Å²) in [6.07, 6.45) is 0. The summed E-state index contributed by atoms with van der Waals surface area (Å²) in [5, 5.41) is 2.86. The number of aromatic nitrogens is 2. The summed E-state index contributed by atoms with van der Waals surface area (Å²) in [5.74, 6) is 6.85. The van der Waals surface area contributed by atoms with Crippen LogP contribution in [0.4, 0.5) is 11.6 Å². The lowest BCUT2D eigenvalue weighted by atomic mass is 10.2. The van der Waals surface area contributed by atoms with Gasteiger partial charge < -0.3 is 16.5 Å². The molecule has 17 heavy (non-hydrogen) atoms. The number of nitrogens with zero attached hydrogens (tertiary/aromatic N) is 2. The van der Waals surface area contributed by atoms with Crippen LogP contribution in [0.3, 0.4) is 0 Å². The van der Waals surface area contributed by atoms with Gasteiger partial charge in [-0.15, -0.1) is 0 Å². The summed E-state index contributed by atoms with van der Waals surface area (Å²) < 4.78 is 0. The second kappa shape index (κ2) is 5.44. The predicted molar refractivity (Wildman–Crippen MR) is 66.4 cm³/mol. The molecular weight excluding hydrogens is 220 g/mol. The summed E-state index contributed by atoms with van der Waals surface area (Å²) in [6, 6.07) is 0. The summed E-state index contributed by atoms with van der Waals surface area (Å²) in [6.45, 7) is 5.79. The van der Waals surface area contributed by atoms with Gasteiger partial charge >= 0.3 is 0 Å². The Morgan fingerprint density at radius 3 is 2.41 bits per heavy atom. The second-order valence-corrected chi connectivity index (χ2v) is 4.02. The van der Waals surface area contributed by atoms with Crippen LogP contribution in [-0.4, -0.2) is 22.4 Å². The molecule has 1 aromatic heterocycles. The molecule has 7 heteroatoms. The first-order valence-electron chi connectivity index (χ1n) is 5.33. The minimum Gasteiger partial charge on any atom is -0.368 e. The van der Waals surface area contributed by atoms with Crippen molar-refractivity contribution in [3.8, 4) is 0 Å². The van der Waals surface area contributed by atoms with Crippen molar-refractivity contribution in [2.24, 2.45) is 11.6 Å². The van der Waals surface area contributed by atoms with E-state index < -0.39 is 5.91 Å². The average molecular weight is 238 g/mol. The molecule has 0 aromatic carbocycles. The standard InChI is InChI=1S/C10H18N6O/c1-5(2)8-14-9(13-4-7(11)17)6(3)10(15-8)16-12/h5H,4,12H2,1-3H3,(H2,11,17)(H2,13,14,15,16). The van der Waals surface area contributed by atoms with Gasteiger partial charge in [0.25, 0.3) is 0 Å². The van der Waals surface area contributed by atoms with E-state index in [1.54, 1.807) is 0 Å². The van der Waals surface area contributed by atoms with Gasteiger partial charge in [0.15, 0.2) is 0 Å². The molecule has 0 radical (unpaired) electrons. The highest BCUT2D eigenvalue weighted by molar-refractivity contribution is 5.79. The maximum atomic E-state index is 10.7. The first-order chi connectivity index (χ1) is 7.95. The molecule has 0 bridgehead atoms. The number of anilines is 2. The molecule has 0 aliphatic rings. The van der Waals surface area contributed by atoms with Crippen molar-refractivity contribution < 1.29 is 4.79 Å². The van der Waals surface area contributed by atoms with Crippen molar-refractivity contribution in [2.45, 2.75) is 26.7 Å². The van der Waals surface area contributed by atoms with E-state index in [4.69, 9.17) is 11.6 Å². The molecule has 0 saturated heterocycles. The van der Waals surface area contributed by atoms with Crippen LogP contribution in [0.2, 0.25) is 0 Å².